The van der Waals surface area contributed by atoms with Gasteiger partial charge in [-0.2, -0.15) is 0 Å². The van der Waals surface area contributed by atoms with Crippen LogP contribution in [-0.4, -0.2) is 45.0 Å². The van der Waals surface area contributed by atoms with Crippen molar-refractivity contribution >= 4 is 15.7 Å². The summed E-state index contributed by atoms with van der Waals surface area (Å²) >= 11 is 0. The van der Waals surface area contributed by atoms with Crippen molar-refractivity contribution in [2.24, 2.45) is 0 Å². The molecular formula is C12H24N2O3S. The fraction of sp³-hybridized carbons (Fsp3) is 0.917. The predicted octanol–water partition coefficient (Wildman–Crippen LogP) is 0.458. The third kappa shape index (κ3) is 4.94. The molecule has 2 N–H and O–H groups in total. The molecule has 1 saturated carbocycles. The van der Waals surface area contributed by atoms with Gasteiger partial charge in [-0.15, -0.1) is 0 Å². The minimum absolute atomic E-state index is 0.0164. The molecule has 0 aliphatic heterocycles. The zero-order valence-electron chi connectivity index (χ0n) is 11.2. The van der Waals surface area contributed by atoms with E-state index in [1.54, 1.807) is 0 Å². The van der Waals surface area contributed by atoms with Crippen molar-refractivity contribution in [2.75, 3.05) is 19.3 Å². The standard InChI is InChI=1S/C12H24N2O3S/c1-10(13-2)9-14-12(15)7-8-18(16,17)11-5-3-4-6-11/h10-11,13H,3-9H2,1-2H3,(H,14,15). The Morgan fingerprint density at radius 3 is 2.50 bits per heavy atom. The molecule has 1 atom stereocenters. The molecule has 0 radical (unpaired) electrons. The van der Waals surface area contributed by atoms with Gasteiger partial charge in [-0.1, -0.05) is 12.8 Å². The Morgan fingerprint density at radius 2 is 1.94 bits per heavy atom. The van der Waals surface area contributed by atoms with E-state index in [0.29, 0.717) is 6.54 Å². The van der Waals surface area contributed by atoms with E-state index in [1.165, 1.54) is 0 Å². The summed E-state index contributed by atoms with van der Waals surface area (Å²) < 4.78 is 23.9. The molecule has 0 aromatic heterocycles. The zero-order valence-corrected chi connectivity index (χ0v) is 12.1. The largest absolute Gasteiger partial charge is 0.355 e. The molecule has 1 aliphatic carbocycles. The van der Waals surface area contributed by atoms with Gasteiger partial charge in [0, 0.05) is 19.0 Å². The van der Waals surface area contributed by atoms with Crippen molar-refractivity contribution < 1.29 is 13.2 Å². The number of hydrogen-bond donors (Lipinski definition) is 2. The molecular weight excluding hydrogens is 252 g/mol. The maximum absolute atomic E-state index is 11.9. The summed E-state index contributed by atoms with van der Waals surface area (Å²) in [5.74, 6) is -0.198. The number of nitrogens with one attached hydrogen (secondary N) is 2. The smallest absolute Gasteiger partial charge is 0.221 e. The van der Waals surface area contributed by atoms with Crippen LogP contribution in [0.25, 0.3) is 0 Å². The first-order valence-corrected chi connectivity index (χ1v) is 8.33. The maximum atomic E-state index is 11.9. The molecule has 0 bridgehead atoms. The molecule has 0 aromatic rings. The van der Waals surface area contributed by atoms with Crippen LogP contribution < -0.4 is 10.6 Å². The third-order valence-corrected chi connectivity index (χ3v) is 5.78. The Labute approximate surface area is 110 Å². The van der Waals surface area contributed by atoms with Crippen LogP contribution in [0.1, 0.15) is 39.0 Å². The average Bonchev–Trinajstić information content (AvgIpc) is 2.88. The van der Waals surface area contributed by atoms with E-state index < -0.39 is 9.84 Å². The van der Waals surface area contributed by atoms with Gasteiger partial charge in [0.15, 0.2) is 9.84 Å². The van der Waals surface area contributed by atoms with E-state index in [0.717, 1.165) is 25.7 Å². The van der Waals surface area contributed by atoms with Crippen LogP contribution in [0.4, 0.5) is 0 Å². The molecule has 106 valence electrons. The molecule has 1 aliphatic rings. The van der Waals surface area contributed by atoms with E-state index in [4.69, 9.17) is 0 Å². The van der Waals surface area contributed by atoms with Crippen LogP contribution in [0.3, 0.4) is 0 Å². The molecule has 5 nitrogen and oxygen atoms in total. The Kier molecular flexibility index (Phi) is 6.08. The number of carbonyl (C=O) groups excluding carboxylic acids is 1. The lowest BCUT2D eigenvalue weighted by molar-refractivity contribution is -0.120. The molecule has 18 heavy (non-hydrogen) atoms. The number of sulfone groups is 1. The third-order valence-electron chi connectivity index (χ3n) is 3.52. The normalized spacial score (nSPS) is 18.8. The Hall–Kier alpha value is -0.620. The van der Waals surface area contributed by atoms with E-state index in [2.05, 4.69) is 10.6 Å². The monoisotopic (exact) mass is 276 g/mol. The van der Waals surface area contributed by atoms with Crippen LogP contribution in [0.2, 0.25) is 0 Å². The van der Waals surface area contributed by atoms with Crippen LogP contribution in [0.5, 0.6) is 0 Å². The first kappa shape index (κ1) is 15.4. The van der Waals surface area contributed by atoms with Crippen molar-refractivity contribution in [3.63, 3.8) is 0 Å². The van der Waals surface area contributed by atoms with E-state index in [1.807, 2.05) is 14.0 Å². The highest BCUT2D eigenvalue weighted by atomic mass is 32.2. The first-order valence-electron chi connectivity index (χ1n) is 6.61. The van der Waals surface area contributed by atoms with Crippen LogP contribution in [-0.2, 0) is 14.6 Å². The Balaban J connectivity index is 2.29. The number of hydrogen-bond acceptors (Lipinski definition) is 4. The van der Waals surface area contributed by atoms with Gasteiger partial charge in [0.05, 0.1) is 11.0 Å². The lowest BCUT2D eigenvalue weighted by Crippen LogP contribution is -2.38. The van der Waals surface area contributed by atoms with Gasteiger partial charge in [-0.25, -0.2) is 8.42 Å². The van der Waals surface area contributed by atoms with Gasteiger partial charge in [0.1, 0.15) is 0 Å². The predicted molar refractivity (Wildman–Crippen MR) is 72.2 cm³/mol. The Morgan fingerprint density at radius 1 is 1.33 bits per heavy atom. The van der Waals surface area contributed by atoms with Crippen LogP contribution in [0, 0.1) is 0 Å². The average molecular weight is 276 g/mol. The van der Waals surface area contributed by atoms with Crippen LogP contribution in [0.15, 0.2) is 0 Å². The summed E-state index contributed by atoms with van der Waals surface area (Å²) in [5, 5.41) is 5.53. The molecule has 6 heteroatoms. The van der Waals surface area contributed by atoms with Crippen molar-refractivity contribution in [1.82, 2.24) is 10.6 Å². The van der Waals surface area contributed by atoms with Gasteiger partial charge in [0.25, 0.3) is 0 Å². The minimum atomic E-state index is -3.08. The Bertz CT molecular complexity index is 362. The highest BCUT2D eigenvalue weighted by molar-refractivity contribution is 7.92. The molecule has 1 unspecified atom stereocenters. The number of amides is 1. The van der Waals surface area contributed by atoms with Gasteiger partial charge in [-0.3, -0.25) is 4.79 Å². The molecule has 0 spiro atoms. The summed E-state index contributed by atoms with van der Waals surface area (Å²) in [5.41, 5.74) is 0. The molecule has 0 heterocycles. The van der Waals surface area contributed by atoms with Crippen molar-refractivity contribution in [1.29, 1.82) is 0 Å². The van der Waals surface area contributed by atoms with Crippen LogP contribution >= 0.6 is 0 Å². The van der Waals surface area contributed by atoms with Crippen molar-refractivity contribution in [3.8, 4) is 0 Å². The second kappa shape index (κ2) is 7.09. The zero-order chi connectivity index (χ0) is 13.6. The fourth-order valence-electron chi connectivity index (χ4n) is 2.11. The van der Waals surface area contributed by atoms with Gasteiger partial charge in [0.2, 0.25) is 5.91 Å². The SMILES string of the molecule is CNC(C)CNC(=O)CCS(=O)(=O)C1CCCC1. The van der Waals surface area contributed by atoms with E-state index in [9.17, 15) is 13.2 Å². The summed E-state index contributed by atoms with van der Waals surface area (Å²) in [7, 11) is -1.25. The van der Waals surface area contributed by atoms with E-state index >= 15 is 0 Å². The maximum Gasteiger partial charge on any atom is 0.221 e. The molecule has 1 amide bonds. The highest BCUT2D eigenvalue weighted by Gasteiger charge is 2.28. The molecule has 0 saturated heterocycles. The minimum Gasteiger partial charge on any atom is -0.355 e. The lowest BCUT2D eigenvalue weighted by atomic mass is 10.3. The summed E-state index contributed by atoms with van der Waals surface area (Å²) in [4.78, 5) is 11.5. The second-order valence-electron chi connectivity index (χ2n) is 5.02. The van der Waals surface area contributed by atoms with Gasteiger partial charge in [-0.05, 0) is 26.8 Å². The highest BCUT2D eigenvalue weighted by Crippen LogP contribution is 2.25. The van der Waals surface area contributed by atoms with Gasteiger partial charge >= 0.3 is 0 Å². The number of carbonyl (C=O) groups is 1. The number of likely N-dealkylation sites (N-methyl/N-ethyl adjacent to an activating group) is 1. The molecule has 0 aromatic carbocycles. The lowest BCUT2D eigenvalue weighted by Gasteiger charge is -2.13. The summed E-state index contributed by atoms with van der Waals surface area (Å²) in [6.07, 6.45) is 3.60. The topological polar surface area (TPSA) is 75.3 Å². The number of rotatable bonds is 7. The quantitative estimate of drug-likeness (QED) is 0.708. The van der Waals surface area contributed by atoms with Crippen molar-refractivity contribution in [2.45, 2.75) is 50.3 Å². The summed E-state index contributed by atoms with van der Waals surface area (Å²) in [6, 6.07) is 0.195. The molecule has 1 rings (SSSR count). The summed E-state index contributed by atoms with van der Waals surface area (Å²) in [6.45, 7) is 2.48. The fourth-order valence-corrected chi connectivity index (χ4v) is 3.96. The van der Waals surface area contributed by atoms with Gasteiger partial charge < -0.3 is 10.6 Å². The molecule has 1 fully saturated rings. The second-order valence-corrected chi connectivity index (χ2v) is 7.42. The van der Waals surface area contributed by atoms with Crippen molar-refractivity contribution in [3.05, 3.63) is 0 Å². The van der Waals surface area contributed by atoms with E-state index in [-0.39, 0.29) is 29.4 Å². The first-order chi connectivity index (χ1) is 8.45.